The molecule has 0 saturated carbocycles. The van der Waals surface area contributed by atoms with E-state index in [0.29, 0.717) is 22.5 Å². The van der Waals surface area contributed by atoms with Crippen LogP contribution in [0, 0.1) is 0 Å². The van der Waals surface area contributed by atoms with Gasteiger partial charge in [0.2, 0.25) is 12.1 Å². The number of nitrogens with one attached hydrogen (secondary N) is 4. The van der Waals surface area contributed by atoms with E-state index in [0.717, 1.165) is 0 Å². The fourth-order valence-corrected chi connectivity index (χ4v) is 6.30. The molecule has 0 saturated heterocycles. The average molecular weight is 889 g/mol. The molecule has 0 spiro atoms. The molecule has 5 aromatic carbocycles. The molecule has 2 atom stereocenters. The second-order valence-electron chi connectivity index (χ2n) is 12.9. The van der Waals surface area contributed by atoms with Crippen LogP contribution >= 0.6 is 46.4 Å². The lowest BCUT2D eigenvalue weighted by molar-refractivity contribution is -0.127. The number of amides is 4. The molecule has 0 fully saturated rings. The van der Waals surface area contributed by atoms with Gasteiger partial charge in [-0.3, -0.25) is 28.8 Å². The molecule has 18 heteroatoms. The molecule has 4 N–H and O–H groups in total. The van der Waals surface area contributed by atoms with E-state index >= 15 is 0 Å². The summed E-state index contributed by atoms with van der Waals surface area (Å²) in [5, 5.41) is 26.9. The van der Waals surface area contributed by atoms with Crippen LogP contribution in [0.3, 0.4) is 0 Å². The van der Waals surface area contributed by atoms with Crippen molar-refractivity contribution in [2.45, 2.75) is 37.7 Å². The highest BCUT2D eigenvalue weighted by Gasteiger charge is 2.25. The molecule has 4 amide bonds. The summed E-state index contributed by atoms with van der Waals surface area (Å²) in [4.78, 5) is 77.2. The van der Waals surface area contributed by atoms with Gasteiger partial charge in [-0.1, -0.05) is 59.6 Å². The monoisotopic (exact) mass is 886 g/mol. The lowest BCUT2D eigenvalue weighted by Gasteiger charge is -2.12. The van der Waals surface area contributed by atoms with Gasteiger partial charge in [0.25, 0.3) is 23.6 Å². The molecule has 60 heavy (non-hydrogen) atoms. The van der Waals surface area contributed by atoms with Crippen LogP contribution in [0.2, 0.25) is 10.0 Å². The Bertz CT molecular complexity index is 2340. The first-order valence-electron chi connectivity index (χ1n) is 17.8. The number of halogens is 4. The molecule has 2 unspecified atom stereocenters. The fourth-order valence-electron chi connectivity index (χ4n) is 5.38. The lowest BCUT2D eigenvalue weighted by Crippen LogP contribution is -2.32. The van der Waals surface area contributed by atoms with Crippen molar-refractivity contribution in [3.05, 3.63) is 141 Å². The summed E-state index contributed by atoms with van der Waals surface area (Å²) in [6.07, 6.45) is 0. The van der Waals surface area contributed by atoms with Gasteiger partial charge in [-0.25, -0.2) is 0 Å². The summed E-state index contributed by atoms with van der Waals surface area (Å²) in [6, 6.07) is 25.2. The molecular weight excluding hydrogens is 854 g/mol. The molecule has 14 nitrogen and oxygen atoms in total. The first kappa shape index (κ1) is 44.8. The summed E-state index contributed by atoms with van der Waals surface area (Å²) in [6.45, 7) is 2.34. The number of Topliss-reactive ketones (excluding diaryl/α,β-unsaturated/α-hetero) is 2. The summed E-state index contributed by atoms with van der Waals surface area (Å²) in [5.74, 6) is -3.47. The maximum atomic E-state index is 13.1. The first-order chi connectivity index (χ1) is 28.7. The molecule has 0 aliphatic carbocycles. The molecule has 0 bridgehead atoms. The second kappa shape index (κ2) is 21.1. The Hall–Kier alpha value is -6.32. The SMILES string of the molecule is CC(=O)C(N=Nc1cc(Cl)cc(C(=O)Nc2ccccc2CCl)c1)C(=O)Nc1ccc(NC(=O)C(N=Nc2cc(Cl)cc(C(=O)Nc3ccccc3CCl)c2)C(C)=O)cc1. The number of hydrogen-bond acceptors (Lipinski definition) is 10. The van der Waals surface area contributed by atoms with Crippen LogP contribution in [0.15, 0.2) is 130 Å². The van der Waals surface area contributed by atoms with E-state index in [9.17, 15) is 28.8 Å². The smallest absolute Gasteiger partial charge is 0.258 e. The number of alkyl halides is 2. The van der Waals surface area contributed by atoms with E-state index in [-0.39, 0.29) is 55.7 Å². The number of azo groups is 2. The van der Waals surface area contributed by atoms with E-state index < -0.39 is 47.3 Å². The van der Waals surface area contributed by atoms with Crippen LogP contribution in [0.5, 0.6) is 0 Å². The van der Waals surface area contributed by atoms with E-state index in [1.807, 2.05) is 0 Å². The van der Waals surface area contributed by atoms with Gasteiger partial charge in [-0.05, 0) is 97.8 Å². The molecule has 0 heterocycles. The summed E-state index contributed by atoms with van der Waals surface area (Å²) >= 11 is 24.5. The Morgan fingerprint density at radius 2 is 0.883 bits per heavy atom. The molecule has 306 valence electrons. The Kier molecular flexibility index (Phi) is 15.7. The highest BCUT2D eigenvalue weighted by atomic mass is 35.5. The van der Waals surface area contributed by atoms with Crippen molar-refractivity contribution < 1.29 is 28.8 Å². The van der Waals surface area contributed by atoms with Crippen LogP contribution < -0.4 is 21.3 Å². The molecule has 0 aliphatic heterocycles. The van der Waals surface area contributed by atoms with Crippen LogP contribution in [0.25, 0.3) is 0 Å². The van der Waals surface area contributed by atoms with Gasteiger partial charge in [-0.15, -0.1) is 23.2 Å². The van der Waals surface area contributed by atoms with E-state index in [4.69, 9.17) is 46.4 Å². The minimum Gasteiger partial charge on any atom is -0.324 e. The standard InChI is InChI=1S/C42H34Cl4N8O6/c1-23(55)37(53-51-33-17-27(15-29(45)19-33)39(57)49-35-9-5-3-7-25(35)21-43)41(59)47-31-11-13-32(14-12-31)48-42(60)38(24(2)56)54-52-34-18-28(16-30(46)20-34)40(58)50-36-10-6-4-8-26(36)22-44/h3-20,37-38H,21-22H2,1-2H3,(H,47,59)(H,48,60)(H,49,57)(H,50,58). The van der Waals surface area contributed by atoms with Gasteiger partial charge in [0.1, 0.15) is 0 Å². The Labute approximate surface area is 363 Å². The normalized spacial score (nSPS) is 12.1. The van der Waals surface area contributed by atoms with Crippen molar-refractivity contribution in [3.63, 3.8) is 0 Å². The van der Waals surface area contributed by atoms with Crippen LogP contribution in [-0.2, 0) is 30.9 Å². The van der Waals surface area contributed by atoms with E-state index in [1.54, 1.807) is 48.5 Å². The van der Waals surface area contributed by atoms with E-state index in [2.05, 4.69) is 41.7 Å². The number of hydrogen-bond donors (Lipinski definition) is 4. The largest absolute Gasteiger partial charge is 0.324 e. The molecule has 0 radical (unpaired) electrons. The van der Waals surface area contributed by atoms with Crippen LogP contribution in [-0.4, -0.2) is 47.3 Å². The van der Waals surface area contributed by atoms with E-state index in [1.165, 1.54) is 74.5 Å². The van der Waals surface area contributed by atoms with Crippen molar-refractivity contribution in [1.82, 2.24) is 0 Å². The fraction of sp³-hybridized carbons (Fsp3) is 0.143. The highest BCUT2D eigenvalue weighted by Crippen LogP contribution is 2.27. The number of benzene rings is 5. The number of anilines is 4. The number of carbonyl (C=O) groups excluding carboxylic acids is 6. The molecule has 0 aliphatic rings. The van der Waals surface area contributed by atoms with Crippen molar-refractivity contribution in [2.75, 3.05) is 21.3 Å². The third kappa shape index (κ3) is 12.3. The van der Waals surface area contributed by atoms with Gasteiger partial charge >= 0.3 is 0 Å². The summed E-state index contributed by atoms with van der Waals surface area (Å²) < 4.78 is 0. The predicted octanol–water partition coefficient (Wildman–Crippen LogP) is 10.3. The zero-order valence-electron chi connectivity index (χ0n) is 31.7. The van der Waals surface area contributed by atoms with Gasteiger partial charge < -0.3 is 21.3 Å². The lowest BCUT2D eigenvalue weighted by atomic mass is 10.1. The molecule has 5 rings (SSSR count). The van der Waals surface area contributed by atoms with Gasteiger partial charge in [0.05, 0.1) is 11.4 Å². The Balaban J connectivity index is 1.21. The van der Waals surface area contributed by atoms with Crippen molar-refractivity contribution in [2.24, 2.45) is 20.5 Å². The minimum absolute atomic E-state index is 0.117. The maximum absolute atomic E-state index is 13.1. The quantitative estimate of drug-likeness (QED) is 0.0431. The third-order valence-electron chi connectivity index (χ3n) is 8.37. The average Bonchev–Trinajstić information content (AvgIpc) is 3.21. The third-order valence-corrected chi connectivity index (χ3v) is 9.38. The number of nitrogens with zero attached hydrogens (tertiary/aromatic N) is 4. The predicted molar refractivity (Wildman–Crippen MR) is 232 cm³/mol. The summed E-state index contributed by atoms with van der Waals surface area (Å²) in [5.41, 5.74) is 3.49. The molecular formula is C42H34Cl4N8O6. The highest BCUT2D eigenvalue weighted by molar-refractivity contribution is 6.32. The van der Waals surface area contributed by atoms with Crippen molar-refractivity contribution in [3.8, 4) is 0 Å². The topological polar surface area (TPSA) is 200 Å². The Morgan fingerprint density at radius 1 is 0.517 bits per heavy atom. The maximum Gasteiger partial charge on any atom is 0.258 e. The van der Waals surface area contributed by atoms with Crippen molar-refractivity contribution >= 4 is 116 Å². The minimum atomic E-state index is -1.56. The zero-order chi connectivity index (χ0) is 43.3. The van der Waals surface area contributed by atoms with Crippen LogP contribution in [0.1, 0.15) is 45.7 Å². The van der Waals surface area contributed by atoms with Crippen LogP contribution in [0.4, 0.5) is 34.1 Å². The van der Waals surface area contributed by atoms with Crippen molar-refractivity contribution in [1.29, 1.82) is 0 Å². The number of ketones is 2. The number of rotatable bonds is 16. The van der Waals surface area contributed by atoms with Gasteiger partial charge in [0, 0.05) is 55.7 Å². The van der Waals surface area contributed by atoms with Gasteiger partial charge in [-0.2, -0.15) is 20.5 Å². The number of carbonyl (C=O) groups is 6. The molecule has 0 aromatic heterocycles. The zero-order valence-corrected chi connectivity index (χ0v) is 34.7. The summed E-state index contributed by atoms with van der Waals surface area (Å²) in [7, 11) is 0. The number of para-hydroxylation sites is 2. The first-order valence-corrected chi connectivity index (χ1v) is 19.6. The van der Waals surface area contributed by atoms with Gasteiger partial charge in [0.15, 0.2) is 11.6 Å². The second-order valence-corrected chi connectivity index (χ2v) is 14.3. The molecule has 5 aromatic rings. The Morgan fingerprint density at radius 3 is 1.23 bits per heavy atom.